The molecule has 1 aliphatic carbocycles. The van der Waals surface area contributed by atoms with E-state index in [-0.39, 0.29) is 6.61 Å². The predicted molar refractivity (Wildman–Crippen MR) is 57.3 cm³/mol. The summed E-state index contributed by atoms with van der Waals surface area (Å²) in [6.45, 7) is 6.72. The largest absolute Gasteiger partial charge is 0.394 e. The molecule has 0 aromatic carbocycles. The molecule has 1 rings (SSSR count). The highest BCUT2D eigenvalue weighted by molar-refractivity contribution is 4.88. The van der Waals surface area contributed by atoms with E-state index in [1.54, 1.807) is 0 Å². The quantitative estimate of drug-likeness (QED) is 0.576. The van der Waals surface area contributed by atoms with E-state index in [4.69, 9.17) is 9.84 Å². The Kier molecular flexibility index (Phi) is 5.45. The van der Waals surface area contributed by atoms with Crippen molar-refractivity contribution in [1.29, 1.82) is 0 Å². The van der Waals surface area contributed by atoms with Crippen LogP contribution in [0.15, 0.2) is 0 Å². The third kappa shape index (κ3) is 4.40. The Morgan fingerprint density at radius 1 is 1.36 bits per heavy atom. The van der Waals surface area contributed by atoms with Gasteiger partial charge in [0, 0.05) is 12.6 Å². The number of aliphatic hydroxyl groups excluding tert-OH is 1. The van der Waals surface area contributed by atoms with Gasteiger partial charge in [0.15, 0.2) is 0 Å². The minimum absolute atomic E-state index is 0.121. The fraction of sp³-hybridized carbons (Fsp3) is 1.00. The van der Waals surface area contributed by atoms with Crippen LogP contribution in [0, 0.1) is 11.8 Å². The van der Waals surface area contributed by atoms with Crippen molar-refractivity contribution in [3.63, 3.8) is 0 Å². The normalized spacial score (nSPS) is 18.9. The Morgan fingerprint density at radius 3 is 2.57 bits per heavy atom. The molecule has 0 bridgehead atoms. The van der Waals surface area contributed by atoms with Crippen LogP contribution in [0.25, 0.3) is 0 Å². The first kappa shape index (κ1) is 12.0. The molecule has 0 saturated heterocycles. The topological polar surface area (TPSA) is 41.5 Å². The fourth-order valence-corrected chi connectivity index (χ4v) is 1.87. The Balaban J connectivity index is 2.02. The second-order valence-corrected chi connectivity index (χ2v) is 4.40. The van der Waals surface area contributed by atoms with Crippen molar-refractivity contribution >= 4 is 0 Å². The fourth-order valence-electron chi connectivity index (χ4n) is 1.87. The molecule has 0 aliphatic heterocycles. The molecule has 2 N–H and O–H groups in total. The number of hydrogen-bond donors (Lipinski definition) is 2. The van der Waals surface area contributed by atoms with Gasteiger partial charge in [0.1, 0.15) is 0 Å². The van der Waals surface area contributed by atoms with Crippen LogP contribution in [-0.4, -0.2) is 37.5 Å². The maximum Gasteiger partial charge on any atom is 0.0698 e. The molecule has 0 heterocycles. The van der Waals surface area contributed by atoms with Crippen LogP contribution in [0.4, 0.5) is 0 Å². The van der Waals surface area contributed by atoms with Gasteiger partial charge in [-0.15, -0.1) is 0 Å². The van der Waals surface area contributed by atoms with Gasteiger partial charge in [-0.05, 0) is 24.7 Å². The minimum Gasteiger partial charge on any atom is -0.394 e. The first-order chi connectivity index (χ1) is 6.75. The number of rotatable bonds is 8. The second kappa shape index (κ2) is 6.38. The van der Waals surface area contributed by atoms with Gasteiger partial charge in [-0.2, -0.15) is 0 Å². The van der Waals surface area contributed by atoms with Gasteiger partial charge in [-0.1, -0.05) is 13.8 Å². The lowest BCUT2D eigenvalue weighted by molar-refractivity contribution is 0.0911. The highest BCUT2D eigenvalue weighted by Gasteiger charge is 2.32. The van der Waals surface area contributed by atoms with Gasteiger partial charge < -0.3 is 15.2 Å². The molecule has 1 aliphatic rings. The maximum absolute atomic E-state index is 8.52. The number of ether oxygens (including phenoxy) is 1. The van der Waals surface area contributed by atoms with Crippen molar-refractivity contribution in [2.45, 2.75) is 32.7 Å². The van der Waals surface area contributed by atoms with Crippen LogP contribution in [-0.2, 0) is 4.74 Å². The lowest BCUT2D eigenvalue weighted by Crippen LogP contribution is -2.37. The van der Waals surface area contributed by atoms with Gasteiger partial charge in [-0.3, -0.25) is 0 Å². The number of aliphatic hydroxyl groups is 1. The van der Waals surface area contributed by atoms with Crippen molar-refractivity contribution in [3.8, 4) is 0 Å². The lowest BCUT2D eigenvalue weighted by atomic mass is 10.00. The second-order valence-electron chi connectivity index (χ2n) is 4.40. The molecule has 0 aromatic heterocycles. The van der Waals surface area contributed by atoms with Crippen LogP contribution in [0.1, 0.15) is 26.7 Å². The van der Waals surface area contributed by atoms with Crippen LogP contribution in [0.5, 0.6) is 0 Å². The van der Waals surface area contributed by atoms with E-state index in [0.29, 0.717) is 25.2 Å². The molecule has 1 fully saturated rings. The average molecular weight is 201 g/mol. The van der Waals surface area contributed by atoms with Gasteiger partial charge in [-0.25, -0.2) is 0 Å². The van der Waals surface area contributed by atoms with Gasteiger partial charge in [0.2, 0.25) is 0 Å². The van der Waals surface area contributed by atoms with Crippen LogP contribution in [0.3, 0.4) is 0 Å². The van der Waals surface area contributed by atoms with Crippen LogP contribution < -0.4 is 5.32 Å². The van der Waals surface area contributed by atoms with Gasteiger partial charge in [0.25, 0.3) is 0 Å². The zero-order valence-corrected chi connectivity index (χ0v) is 9.33. The Labute approximate surface area is 86.8 Å². The zero-order valence-electron chi connectivity index (χ0n) is 9.33. The third-order valence-electron chi connectivity index (χ3n) is 2.71. The van der Waals surface area contributed by atoms with E-state index in [0.717, 1.165) is 12.5 Å². The van der Waals surface area contributed by atoms with E-state index in [9.17, 15) is 0 Å². The highest BCUT2D eigenvalue weighted by Crippen LogP contribution is 2.35. The van der Waals surface area contributed by atoms with E-state index in [1.165, 1.54) is 12.8 Å². The predicted octanol–water partition coefficient (Wildman–Crippen LogP) is 1.02. The maximum atomic E-state index is 8.52. The Bertz CT molecular complexity index is 144. The molecule has 0 spiro atoms. The van der Waals surface area contributed by atoms with Crippen molar-refractivity contribution in [3.05, 3.63) is 0 Å². The lowest BCUT2D eigenvalue weighted by Gasteiger charge is -2.22. The van der Waals surface area contributed by atoms with Gasteiger partial charge in [0.05, 0.1) is 19.8 Å². The summed E-state index contributed by atoms with van der Waals surface area (Å²) >= 11 is 0. The molecular weight excluding hydrogens is 178 g/mol. The SMILES string of the molecule is CC(C)C(NCCOCCO)C1CC1. The first-order valence-electron chi connectivity index (χ1n) is 5.67. The summed E-state index contributed by atoms with van der Waals surface area (Å²) in [5.74, 6) is 1.60. The molecule has 1 atom stereocenters. The minimum atomic E-state index is 0.121. The summed E-state index contributed by atoms with van der Waals surface area (Å²) in [6.07, 6.45) is 2.76. The standard InChI is InChI=1S/C11H23NO2/c1-9(2)11(10-3-4-10)12-5-7-14-8-6-13/h9-13H,3-8H2,1-2H3. The van der Waals surface area contributed by atoms with Crippen molar-refractivity contribution in [1.82, 2.24) is 5.32 Å². The summed E-state index contributed by atoms with van der Waals surface area (Å²) in [5.41, 5.74) is 0. The monoisotopic (exact) mass is 201 g/mol. The molecule has 3 heteroatoms. The summed E-state index contributed by atoms with van der Waals surface area (Å²) in [7, 11) is 0. The molecular formula is C11H23NO2. The molecule has 0 amide bonds. The first-order valence-corrected chi connectivity index (χ1v) is 5.67. The smallest absolute Gasteiger partial charge is 0.0698 e. The van der Waals surface area contributed by atoms with Crippen LogP contribution in [0.2, 0.25) is 0 Å². The van der Waals surface area contributed by atoms with E-state index >= 15 is 0 Å². The molecule has 14 heavy (non-hydrogen) atoms. The van der Waals surface area contributed by atoms with Crippen LogP contribution >= 0.6 is 0 Å². The number of nitrogens with one attached hydrogen (secondary N) is 1. The van der Waals surface area contributed by atoms with E-state index < -0.39 is 0 Å². The van der Waals surface area contributed by atoms with E-state index in [2.05, 4.69) is 19.2 Å². The summed E-state index contributed by atoms with van der Waals surface area (Å²) < 4.78 is 5.20. The molecule has 84 valence electrons. The molecule has 0 aromatic rings. The molecule has 3 nitrogen and oxygen atoms in total. The third-order valence-corrected chi connectivity index (χ3v) is 2.71. The van der Waals surface area contributed by atoms with Crippen molar-refractivity contribution in [2.75, 3.05) is 26.4 Å². The number of hydrogen-bond acceptors (Lipinski definition) is 3. The summed E-state index contributed by atoms with van der Waals surface area (Å²) in [6, 6.07) is 0.660. The summed E-state index contributed by atoms with van der Waals surface area (Å²) in [5, 5.41) is 12.0. The van der Waals surface area contributed by atoms with Crippen molar-refractivity contribution < 1.29 is 9.84 Å². The van der Waals surface area contributed by atoms with Crippen molar-refractivity contribution in [2.24, 2.45) is 11.8 Å². The van der Waals surface area contributed by atoms with Gasteiger partial charge >= 0.3 is 0 Å². The van der Waals surface area contributed by atoms with E-state index in [1.807, 2.05) is 0 Å². The average Bonchev–Trinajstić information content (AvgIpc) is 2.94. The summed E-state index contributed by atoms with van der Waals surface area (Å²) in [4.78, 5) is 0. The molecule has 1 saturated carbocycles. The molecule has 0 radical (unpaired) electrons. The Morgan fingerprint density at radius 2 is 2.07 bits per heavy atom. The molecule has 1 unspecified atom stereocenters. The zero-order chi connectivity index (χ0) is 10.4. The Hall–Kier alpha value is -0.120. The highest BCUT2D eigenvalue weighted by atomic mass is 16.5.